The van der Waals surface area contributed by atoms with Crippen molar-refractivity contribution in [2.24, 2.45) is 0 Å². The zero-order valence-corrected chi connectivity index (χ0v) is 9.92. The summed E-state index contributed by atoms with van der Waals surface area (Å²) in [5.41, 5.74) is 1.89. The van der Waals surface area contributed by atoms with Crippen LogP contribution in [0.3, 0.4) is 0 Å². The zero-order valence-electron chi connectivity index (χ0n) is 9.16. The third-order valence-electron chi connectivity index (χ3n) is 2.32. The molecule has 1 aromatic rings. The lowest BCUT2D eigenvalue weighted by Crippen LogP contribution is -2.32. The molecule has 1 amide bonds. The number of rotatable bonds is 4. The Balaban J connectivity index is 2.78. The van der Waals surface area contributed by atoms with E-state index in [1.807, 2.05) is 38.1 Å². The Morgan fingerprint density at radius 2 is 1.93 bits per heavy atom. The van der Waals surface area contributed by atoms with Crippen LogP contribution in [0.2, 0.25) is 0 Å². The fraction of sp³-hybridized carbons (Fsp3) is 0.417. The summed E-state index contributed by atoms with van der Waals surface area (Å²) in [5, 5.41) is 0. The summed E-state index contributed by atoms with van der Waals surface area (Å²) in [6, 6.07) is 7.60. The first-order chi connectivity index (χ1) is 7.19. The molecule has 0 aliphatic rings. The monoisotopic (exact) mass is 225 g/mol. The second-order valence-electron chi connectivity index (χ2n) is 3.44. The number of halogens is 1. The standard InChI is InChI=1S/C12H16ClNO/c1-3-14(9-8-13)12(15)11-6-4-10(2)5-7-11/h4-7H,3,8-9H2,1-2H3. The molecule has 1 aromatic carbocycles. The first-order valence-electron chi connectivity index (χ1n) is 5.11. The van der Waals surface area contributed by atoms with Gasteiger partial charge in [0.2, 0.25) is 0 Å². The maximum atomic E-state index is 11.9. The third-order valence-corrected chi connectivity index (χ3v) is 2.49. The number of carbonyl (C=O) groups excluding carboxylic acids is 1. The second kappa shape index (κ2) is 5.76. The smallest absolute Gasteiger partial charge is 0.253 e. The number of nitrogens with zero attached hydrogens (tertiary/aromatic N) is 1. The van der Waals surface area contributed by atoms with E-state index in [0.29, 0.717) is 19.0 Å². The van der Waals surface area contributed by atoms with E-state index in [1.165, 1.54) is 0 Å². The van der Waals surface area contributed by atoms with E-state index in [2.05, 4.69) is 0 Å². The zero-order chi connectivity index (χ0) is 11.3. The second-order valence-corrected chi connectivity index (χ2v) is 3.82. The normalized spacial score (nSPS) is 10.1. The Bertz CT molecular complexity index is 321. The average molecular weight is 226 g/mol. The van der Waals surface area contributed by atoms with Crippen LogP contribution in [0.5, 0.6) is 0 Å². The molecule has 0 spiro atoms. The van der Waals surface area contributed by atoms with Gasteiger partial charge in [0, 0.05) is 24.5 Å². The molecule has 0 fully saturated rings. The van der Waals surface area contributed by atoms with E-state index < -0.39 is 0 Å². The number of alkyl halides is 1. The first-order valence-corrected chi connectivity index (χ1v) is 5.64. The molecule has 0 radical (unpaired) electrons. The SMILES string of the molecule is CCN(CCCl)C(=O)c1ccc(C)cc1. The molecule has 0 aliphatic carbocycles. The van der Waals surface area contributed by atoms with Crippen molar-refractivity contribution in [1.29, 1.82) is 0 Å². The molecular weight excluding hydrogens is 210 g/mol. The Labute approximate surface area is 95.8 Å². The number of benzene rings is 1. The summed E-state index contributed by atoms with van der Waals surface area (Å²) >= 11 is 5.64. The van der Waals surface area contributed by atoms with Gasteiger partial charge in [0.05, 0.1) is 0 Å². The van der Waals surface area contributed by atoms with Crippen molar-refractivity contribution in [1.82, 2.24) is 4.90 Å². The molecule has 15 heavy (non-hydrogen) atoms. The molecule has 0 saturated heterocycles. The minimum atomic E-state index is 0.0538. The topological polar surface area (TPSA) is 20.3 Å². The van der Waals surface area contributed by atoms with Crippen LogP contribution >= 0.6 is 11.6 Å². The van der Waals surface area contributed by atoms with Crippen molar-refractivity contribution in [2.45, 2.75) is 13.8 Å². The third kappa shape index (κ3) is 3.24. The maximum Gasteiger partial charge on any atom is 0.253 e. The summed E-state index contributed by atoms with van der Waals surface area (Å²) in [7, 11) is 0. The number of hydrogen-bond acceptors (Lipinski definition) is 1. The van der Waals surface area contributed by atoms with E-state index in [-0.39, 0.29) is 5.91 Å². The number of amides is 1. The summed E-state index contributed by atoms with van der Waals surface area (Å²) in [6.45, 7) is 5.26. The largest absolute Gasteiger partial charge is 0.338 e. The lowest BCUT2D eigenvalue weighted by molar-refractivity contribution is 0.0774. The van der Waals surface area contributed by atoms with Crippen LogP contribution in [0.4, 0.5) is 0 Å². The van der Waals surface area contributed by atoms with E-state index in [0.717, 1.165) is 11.1 Å². The first kappa shape index (κ1) is 12.1. The van der Waals surface area contributed by atoms with Gasteiger partial charge in [-0.15, -0.1) is 11.6 Å². The van der Waals surface area contributed by atoms with Crippen LogP contribution in [0, 0.1) is 6.92 Å². The minimum Gasteiger partial charge on any atom is -0.338 e. The van der Waals surface area contributed by atoms with Crippen LogP contribution in [0.15, 0.2) is 24.3 Å². The van der Waals surface area contributed by atoms with Crippen molar-refractivity contribution in [2.75, 3.05) is 19.0 Å². The van der Waals surface area contributed by atoms with Gasteiger partial charge < -0.3 is 4.90 Å². The quantitative estimate of drug-likeness (QED) is 0.722. The van der Waals surface area contributed by atoms with Crippen molar-refractivity contribution in [3.05, 3.63) is 35.4 Å². The lowest BCUT2D eigenvalue weighted by atomic mass is 10.1. The molecule has 0 aliphatic heterocycles. The predicted octanol–water partition coefficient (Wildman–Crippen LogP) is 2.70. The molecule has 0 aromatic heterocycles. The van der Waals surface area contributed by atoms with Gasteiger partial charge in [0.15, 0.2) is 0 Å². The summed E-state index contributed by atoms with van der Waals surface area (Å²) in [4.78, 5) is 13.7. The van der Waals surface area contributed by atoms with E-state index >= 15 is 0 Å². The van der Waals surface area contributed by atoms with Crippen molar-refractivity contribution < 1.29 is 4.79 Å². The van der Waals surface area contributed by atoms with Crippen molar-refractivity contribution in [3.63, 3.8) is 0 Å². The summed E-state index contributed by atoms with van der Waals surface area (Å²) in [5.74, 6) is 0.531. The Morgan fingerprint density at radius 1 is 1.33 bits per heavy atom. The van der Waals surface area contributed by atoms with Gasteiger partial charge in [-0.3, -0.25) is 4.79 Å². The van der Waals surface area contributed by atoms with Gasteiger partial charge in [0.25, 0.3) is 5.91 Å². The Hall–Kier alpha value is -1.02. The van der Waals surface area contributed by atoms with Crippen LogP contribution in [0.1, 0.15) is 22.8 Å². The number of hydrogen-bond donors (Lipinski definition) is 0. The molecule has 0 saturated carbocycles. The molecule has 3 heteroatoms. The van der Waals surface area contributed by atoms with Gasteiger partial charge in [-0.1, -0.05) is 17.7 Å². The molecule has 2 nitrogen and oxygen atoms in total. The Kier molecular flexibility index (Phi) is 4.63. The molecule has 0 N–H and O–H groups in total. The van der Waals surface area contributed by atoms with Gasteiger partial charge in [-0.2, -0.15) is 0 Å². The molecule has 1 rings (SSSR count). The molecule has 0 heterocycles. The van der Waals surface area contributed by atoms with Crippen LogP contribution in [0.25, 0.3) is 0 Å². The van der Waals surface area contributed by atoms with Crippen LogP contribution in [-0.2, 0) is 0 Å². The lowest BCUT2D eigenvalue weighted by Gasteiger charge is -2.19. The van der Waals surface area contributed by atoms with E-state index in [9.17, 15) is 4.79 Å². The molecule has 0 atom stereocenters. The summed E-state index contributed by atoms with van der Waals surface area (Å²) < 4.78 is 0. The highest BCUT2D eigenvalue weighted by Crippen LogP contribution is 2.07. The number of carbonyl (C=O) groups is 1. The fourth-order valence-corrected chi connectivity index (χ4v) is 1.59. The molecule has 0 bridgehead atoms. The van der Waals surface area contributed by atoms with Crippen LogP contribution in [-0.4, -0.2) is 29.8 Å². The maximum absolute atomic E-state index is 11.9. The van der Waals surface area contributed by atoms with Gasteiger partial charge in [-0.05, 0) is 26.0 Å². The molecule has 82 valence electrons. The summed E-state index contributed by atoms with van der Waals surface area (Å²) in [6.07, 6.45) is 0. The predicted molar refractivity (Wildman–Crippen MR) is 63.5 cm³/mol. The minimum absolute atomic E-state index is 0.0538. The molecule has 0 unspecified atom stereocenters. The number of aryl methyl sites for hydroxylation is 1. The van der Waals surface area contributed by atoms with Gasteiger partial charge in [0.1, 0.15) is 0 Å². The molecular formula is C12H16ClNO. The van der Waals surface area contributed by atoms with Crippen molar-refractivity contribution in [3.8, 4) is 0 Å². The van der Waals surface area contributed by atoms with Gasteiger partial charge >= 0.3 is 0 Å². The highest BCUT2D eigenvalue weighted by Gasteiger charge is 2.12. The van der Waals surface area contributed by atoms with Gasteiger partial charge in [-0.25, -0.2) is 0 Å². The fourth-order valence-electron chi connectivity index (χ4n) is 1.38. The van der Waals surface area contributed by atoms with Crippen LogP contribution < -0.4 is 0 Å². The highest BCUT2D eigenvalue weighted by molar-refractivity contribution is 6.18. The Morgan fingerprint density at radius 3 is 2.40 bits per heavy atom. The van der Waals surface area contributed by atoms with E-state index in [1.54, 1.807) is 4.90 Å². The highest BCUT2D eigenvalue weighted by atomic mass is 35.5. The average Bonchev–Trinajstić information content (AvgIpc) is 2.26. The van der Waals surface area contributed by atoms with E-state index in [4.69, 9.17) is 11.6 Å². The van der Waals surface area contributed by atoms with Crippen molar-refractivity contribution >= 4 is 17.5 Å².